The lowest BCUT2D eigenvalue weighted by Crippen LogP contribution is -2.00. The number of hydrogen-bond acceptors (Lipinski definition) is 5. The fraction of sp³-hybridized carbons (Fsp3) is 0.0556. The minimum atomic E-state index is 0.773. The summed E-state index contributed by atoms with van der Waals surface area (Å²) < 4.78 is 2.07. The van der Waals surface area contributed by atoms with Gasteiger partial charge >= 0.3 is 0 Å². The lowest BCUT2D eigenvalue weighted by Gasteiger charge is -2.08. The van der Waals surface area contributed by atoms with E-state index in [4.69, 9.17) is 4.98 Å². The standard InChI is InChI=1S/C18H12N4S2/c1-11-20-17(22-10-19-13-5-2-3-6-14(13)22)16-12(9-24-18(16)21-11)15-7-4-8-23-15/h2-10H,1H3. The van der Waals surface area contributed by atoms with Crippen molar-refractivity contribution in [1.82, 2.24) is 19.5 Å². The number of nitrogens with zero attached hydrogens (tertiary/aromatic N) is 4. The fourth-order valence-corrected chi connectivity index (χ4v) is 4.74. The van der Waals surface area contributed by atoms with E-state index in [0.717, 1.165) is 32.9 Å². The molecule has 0 amide bonds. The molecule has 0 atom stereocenters. The van der Waals surface area contributed by atoms with Gasteiger partial charge in [0.25, 0.3) is 0 Å². The molecule has 116 valence electrons. The van der Waals surface area contributed by atoms with E-state index in [0.29, 0.717) is 0 Å². The van der Waals surface area contributed by atoms with Gasteiger partial charge in [-0.15, -0.1) is 22.7 Å². The Morgan fingerprint density at radius 3 is 2.79 bits per heavy atom. The third-order valence-corrected chi connectivity index (χ3v) is 5.77. The van der Waals surface area contributed by atoms with Gasteiger partial charge in [0, 0.05) is 15.8 Å². The molecule has 5 rings (SSSR count). The Bertz CT molecular complexity index is 1170. The average Bonchev–Trinajstić information content (AvgIpc) is 3.32. The van der Waals surface area contributed by atoms with Crippen molar-refractivity contribution in [3.63, 3.8) is 0 Å². The number of rotatable bonds is 2. The molecule has 0 aliphatic carbocycles. The Morgan fingerprint density at radius 2 is 1.92 bits per heavy atom. The number of thiophene rings is 2. The molecule has 0 radical (unpaired) electrons. The van der Waals surface area contributed by atoms with Crippen LogP contribution in [0.15, 0.2) is 53.5 Å². The van der Waals surface area contributed by atoms with E-state index in [1.807, 2.05) is 31.5 Å². The highest BCUT2D eigenvalue weighted by atomic mass is 32.1. The van der Waals surface area contributed by atoms with Crippen LogP contribution in [-0.2, 0) is 0 Å². The van der Waals surface area contributed by atoms with Crippen LogP contribution in [0.3, 0.4) is 0 Å². The van der Waals surface area contributed by atoms with Gasteiger partial charge in [-0.25, -0.2) is 15.0 Å². The molecule has 4 aromatic heterocycles. The molecule has 0 bridgehead atoms. The first-order valence-electron chi connectivity index (χ1n) is 7.53. The van der Waals surface area contributed by atoms with Gasteiger partial charge in [-0.3, -0.25) is 4.57 Å². The van der Waals surface area contributed by atoms with E-state index in [1.165, 1.54) is 10.4 Å². The minimum Gasteiger partial charge on any atom is -0.282 e. The van der Waals surface area contributed by atoms with E-state index in [9.17, 15) is 0 Å². The lowest BCUT2D eigenvalue weighted by atomic mass is 10.2. The van der Waals surface area contributed by atoms with E-state index in [1.54, 1.807) is 22.7 Å². The molecule has 24 heavy (non-hydrogen) atoms. The lowest BCUT2D eigenvalue weighted by molar-refractivity contribution is 0.985. The predicted octanol–water partition coefficient (Wildman–Crippen LogP) is 5.07. The maximum Gasteiger partial charge on any atom is 0.151 e. The molecule has 0 unspecified atom stereocenters. The van der Waals surface area contributed by atoms with Gasteiger partial charge < -0.3 is 0 Å². The highest BCUT2D eigenvalue weighted by Gasteiger charge is 2.17. The summed E-state index contributed by atoms with van der Waals surface area (Å²) in [6, 6.07) is 12.3. The number of para-hydroxylation sites is 2. The van der Waals surface area contributed by atoms with Crippen LogP contribution in [-0.4, -0.2) is 19.5 Å². The van der Waals surface area contributed by atoms with Crippen LogP contribution < -0.4 is 0 Å². The molecule has 4 heterocycles. The molecule has 4 nitrogen and oxygen atoms in total. The van der Waals surface area contributed by atoms with Crippen LogP contribution in [0.2, 0.25) is 0 Å². The summed E-state index contributed by atoms with van der Waals surface area (Å²) in [5, 5.41) is 5.36. The number of imidazole rings is 1. The van der Waals surface area contributed by atoms with Gasteiger partial charge in [0.05, 0.1) is 16.4 Å². The summed E-state index contributed by atoms with van der Waals surface area (Å²) in [5.74, 6) is 1.67. The quantitative estimate of drug-likeness (QED) is 0.447. The first-order valence-corrected chi connectivity index (χ1v) is 9.29. The zero-order chi connectivity index (χ0) is 16.1. The number of benzene rings is 1. The molecular weight excluding hydrogens is 336 g/mol. The smallest absolute Gasteiger partial charge is 0.151 e. The van der Waals surface area contributed by atoms with Crippen molar-refractivity contribution in [3.05, 3.63) is 59.3 Å². The van der Waals surface area contributed by atoms with Gasteiger partial charge in [-0.2, -0.15) is 0 Å². The summed E-state index contributed by atoms with van der Waals surface area (Å²) in [5.41, 5.74) is 3.22. The van der Waals surface area contributed by atoms with Crippen molar-refractivity contribution in [3.8, 4) is 16.3 Å². The molecule has 0 fully saturated rings. The molecule has 0 aliphatic heterocycles. The highest BCUT2D eigenvalue weighted by Crippen LogP contribution is 2.38. The third-order valence-electron chi connectivity index (χ3n) is 3.99. The molecule has 0 saturated heterocycles. The van der Waals surface area contributed by atoms with Crippen LogP contribution >= 0.6 is 22.7 Å². The van der Waals surface area contributed by atoms with E-state index < -0.39 is 0 Å². The number of hydrogen-bond donors (Lipinski definition) is 0. The molecule has 0 saturated carbocycles. The summed E-state index contributed by atoms with van der Waals surface area (Å²) in [4.78, 5) is 16.2. The normalized spacial score (nSPS) is 11.5. The molecule has 0 N–H and O–H groups in total. The van der Waals surface area contributed by atoms with Gasteiger partial charge in [-0.1, -0.05) is 18.2 Å². The SMILES string of the molecule is Cc1nc(-n2cnc3ccccc32)c2c(-c3cccs3)csc2n1. The molecule has 1 aromatic carbocycles. The van der Waals surface area contributed by atoms with Crippen LogP contribution in [0.4, 0.5) is 0 Å². The fourth-order valence-electron chi connectivity index (χ4n) is 2.94. The van der Waals surface area contributed by atoms with E-state index >= 15 is 0 Å². The summed E-state index contributed by atoms with van der Waals surface area (Å²) in [7, 11) is 0. The van der Waals surface area contributed by atoms with Crippen LogP contribution in [0, 0.1) is 6.92 Å². The zero-order valence-electron chi connectivity index (χ0n) is 12.8. The zero-order valence-corrected chi connectivity index (χ0v) is 14.4. The van der Waals surface area contributed by atoms with Crippen molar-refractivity contribution < 1.29 is 0 Å². The average molecular weight is 348 g/mol. The Kier molecular flexibility index (Phi) is 3.01. The van der Waals surface area contributed by atoms with Crippen molar-refractivity contribution >= 4 is 43.9 Å². The van der Waals surface area contributed by atoms with Gasteiger partial charge in [-0.05, 0) is 30.5 Å². The van der Waals surface area contributed by atoms with E-state index in [-0.39, 0.29) is 0 Å². The molecule has 0 aliphatic rings. The summed E-state index contributed by atoms with van der Waals surface area (Å²) in [6.45, 7) is 1.94. The van der Waals surface area contributed by atoms with Crippen molar-refractivity contribution in [1.29, 1.82) is 0 Å². The van der Waals surface area contributed by atoms with Crippen LogP contribution in [0.25, 0.3) is 37.5 Å². The maximum atomic E-state index is 4.76. The van der Waals surface area contributed by atoms with Gasteiger partial charge in [0.15, 0.2) is 5.82 Å². The van der Waals surface area contributed by atoms with Gasteiger partial charge in [0.2, 0.25) is 0 Å². The Morgan fingerprint density at radius 1 is 1.00 bits per heavy atom. The summed E-state index contributed by atoms with van der Waals surface area (Å²) >= 11 is 3.40. The monoisotopic (exact) mass is 348 g/mol. The third kappa shape index (κ3) is 2.00. The van der Waals surface area contributed by atoms with Crippen LogP contribution in [0.1, 0.15) is 5.82 Å². The van der Waals surface area contributed by atoms with Crippen molar-refractivity contribution in [2.45, 2.75) is 6.92 Å². The van der Waals surface area contributed by atoms with Crippen LogP contribution in [0.5, 0.6) is 0 Å². The second-order valence-corrected chi connectivity index (χ2v) is 7.31. The second kappa shape index (κ2) is 5.22. The largest absolute Gasteiger partial charge is 0.282 e. The van der Waals surface area contributed by atoms with Crippen molar-refractivity contribution in [2.75, 3.05) is 0 Å². The number of aromatic nitrogens is 4. The molecular formula is C18H12N4S2. The number of aryl methyl sites for hydroxylation is 1. The highest BCUT2D eigenvalue weighted by molar-refractivity contribution is 7.18. The summed E-state index contributed by atoms with van der Waals surface area (Å²) in [6.07, 6.45) is 1.85. The van der Waals surface area contributed by atoms with E-state index in [2.05, 4.69) is 43.5 Å². The molecule has 0 spiro atoms. The Balaban J connectivity index is 1.89. The Hall–Kier alpha value is -2.57. The topological polar surface area (TPSA) is 43.6 Å². The molecule has 6 heteroatoms. The Labute approximate surface area is 146 Å². The molecule has 5 aromatic rings. The van der Waals surface area contributed by atoms with Gasteiger partial charge in [0.1, 0.15) is 17.0 Å². The first-order chi connectivity index (χ1) is 11.8. The second-order valence-electron chi connectivity index (χ2n) is 5.50. The minimum absolute atomic E-state index is 0.773. The first kappa shape index (κ1) is 13.8. The maximum absolute atomic E-state index is 4.76. The predicted molar refractivity (Wildman–Crippen MR) is 100 cm³/mol. The van der Waals surface area contributed by atoms with Crippen molar-refractivity contribution in [2.24, 2.45) is 0 Å². The number of fused-ring (bicyclic) bond motifs is 2.